The third-order valence-corrected chi connectivity index (χ3v) is 5.91. The van der Waals surface area contributed by atoms with Crippen LogP contribution in [-0.2, 0) is 15.1 Å². The summed E-state index contributed by atoms with van der Waals surface area (Å²) in [6.07, 6.45) is -6.10. The predicted molar refractivity (Wildman–Crippen MR) is 84.2 cm³/mol. The zero-order valence-corrected chi connectivity index (χ0v) is 14.9. The van der Waals surface area contributed by atoms with E-state index in [2.05, 4.69) is 4.98 Å². The number of carbonyl (C=O) groups excluding carboxylic acids is 1. The molecule has 3 rings (SSSR count). The maximum absolute atomic E-state index is 13.8. The van der Waals surface area contributed by atoms with E-state index in [1.807, 2.05) is 0 Å². The first-order valence-corrected chi connectivity index (χ1v) is 8.63. The number of ether oxygens (including phenoxy) is 2. The monoisotopic (exact) mass is 377 g/mol. The molecule has 3 heterocycles. The fraction of sp³-hybridized carbons (Fsp3) is 0.625. The molecule has 3 atom stereocenters. The van der Waals surface area contributed by atoms with Gasteiger partial charge in [0.15, 0.2) is 0 Å². The molecule has 0 aliphatic carbocycles. The summed E-state index contributed by atoms with van der Waals surface area (Å²) in [5.74, 6) is -1.18. The van der Waals surface area contributed by atoms with Crippen molar-refractivity contribution in [1.29, 1.82) is 0 Å². The highest BCUT2D eigenvalue weighted by atomic mass is 32.2. The van der Waals surface area contributed by atoms with Crippen LogP contribution in [0, 0.1) is 13.8 Å². The highest BCUT2D eigenvalue weighted by Crippen LogP contribution is 2.64. The second-order valence-corrected chi connectivity index (χ2v) is 8.06. The standard InChI is InChI=1S/C16H18F3NO4S/c1-7(2)23-13(21)11-14(22)6-15(25-11,16(17,18)19)24-12-10(14)8(3)5-9(4)20-12/h5,7,11,22H,6H2,1-4H3. The van der Waals surface area contributed by atoms with Crippen LogP contribution >= 0.6 is 11.8 Å². The van der Waals surface area contributed by atoms with Crippen molar-refractivity contribution < 1.29 is 32.5 Å². The van der Waals surface area contributed by atoms with Gasteiger partial charge < -0.3 is 14.6 Å². The number of nitrogens with zero attached hydrogens (tertiary/aromatic N) is 1. The Bertz CT molecular complexity index is 739. The number of hydrogen-bond acceptors (Lipinski definition) is 6. The molecule has 0 saturated carbocycles. The molecule has 5 nitrogen and oxygen atoms in total. The summed E-state index contributed by atoms with van der Waals surface area (Å²) in [5, 5.41) is 9.72. The lowest BCUT2D eigenvalue weighted by Crippen LogP contribution is -2.51. The third kappa shape index (κ3) is 2.68. The Labute approximate surface area is 146 Å². The van der Waals surface area contributed by atoms with Crippen LogP contribution in [0.15, 0.2) is 6.07 Å². The molecule has 0 spiro atoms. The summed E-state index contributed by atoms with van der Waals surface area (Å²) in [6.45, 7) is 6.44. The normalized spacial score (nSPS) is 30.8. The lowest BCUT2D eigenvalue weighted by Gasteiger charge is -2.38. The number of aliphatic hydroxyl groups is 1. The van der Waals surface area contributed by atoms with Gasteiger partial charge in [0.05, 0.1) is 11.7 Å². The van der Waals surface area contributed by atoms with E-state index < -0.39 is 40.5 Å². The first-order chi connectivity index (χ1) is 11.4. The van der Waals surface area contributed by atoms with Crippen molar-refractivity contribution in [2.75, 3.05) is 0 Å². The van der Waals surface area contributed by atoms with Gasteiger partial charge in [-0.25, -0.2) is 4.98 Å². The number of thioether (sulfide) groups is 1. The summed E-state index contributed by atoms with van der Waals surface area (Å²) < 4.78 is 51.6. The highest BCUT2D eigenvalue weighted by Gasteiger charge is 2.74. The molecule has 2 bridgehead atoms. The van der Waals surface area contributed by atoms with Crippen molar-refractivity contribution in [2.45, 2.75) is 62.2 Å². The maximum atomic E-state index is 13.8. The number of alkyl halides is 3. The SMILES string of the molecule is Cc1cc(C)c2c(n1)OC1(C(F)(F)F)CC2(O)C(C(=O)OC(C)C)S1. The van der Waals surface area contributed by atoms with Gasteiger partial charge >= 0.3 is 12.1 Å². The summed E-state index contributed by atoms with van der Waals surface area (Å²) in [6, 6.07) is 1.63. The van der Waals surface area contributed by atoms with Crippen LogP contribution in [0.4, 0.5) is 13.2 Å². The van der Waals surface area contributed by atoms with Crippen LogP contribution in [-0.4, -0.2) is 38.5 Å². The molecular weight excluding hydrogens is 359 g/mol. The molecule has 0 radical (unpaired) electrons. The Morgan fingerprint density at radius 1 is 1.48 bits per heavy atom. The lowest BCUT2D eigenvalue weighted by molar-refractivity contribution is -0.228. The fourth-order valence-corrected chi connectivity index (χ4v) is 4.87. The van der Waals surface area contributed by atoms with E-state index in [0.29, 0.717) is 11.3 Å². The second-order valence-electron chi connectivity index (χ2n) is 6.70. The Morgan fingerprint density at radius 3 is 2.68 bits per heavy atom. The third-order valence-electron chi connectivity index (χ3n) is 4.25. The highest BCUT2D eigenvalue weighted by molar-refractivity contribution is 8.02. The van der Waals surface area contributed by atoms with E-state index in [4.69, 9.17) is 9.47 Å². The first kappa shape index (κ1) is 18.3. The van der Waals surface area contributed by atoms with Gasteiger partial charge in [0, 0.05) is 12.1 Å². The number of rotatable bonds is 2. The van der Waals surface area contributed by atoms with Gasteiger partial charge in [0.25, 0.3) is 4.93 Å². The van der Waals surface area contributed by atoms with Gasteiger partial charge in [0.2, 0.25) is 5.88 Å². The summed E-state index contributed by atoms with van der Waals surface area (Å²) in [4.78, 5) is 13.7. The van der Waals surface area contributed by atoms with Gasteiger partial charge in [-0.1, -0.05) is 11.8 Å². The van der Waals surface area contributed by atoms with E-state index in [1.165, 1.54) is 0 Å². The minimum atomic E-state index is -4.80. The molecule has 1 aromatic rings. The molecule has 1 saturated heterocycles. The number of fused-ring (bicyclic) bond motifs is 4. The van der Waals surface area contributed by atoms with Crippen LogP contribution in [0.3, 0.4) is 0 Å². The lowest BCUT2D eigenvalue weighted by atomic mass is 9.81. The quantitative estimate of drug-likeness (QED) is 0.799. The van der Waals surface area contributed by atoms with Crippen LogP contribution in [0.1, 0.15) is 37.1 Å². The predicted octanol–water partition coefficient (Wildman–Crippen LogP) is 2.99. The minimum absolute atomic E-state index is 0.119. The Hall–Kier alpha value is -1.48. The van der Waals surface area contributed by atoms with Gasteiger partial charge in [-0.2, -0.15) is 13.2 Å². The van der Waals surface area contributed by atoms with Crippen molar-refractivity contribution >= 4 is 17.7 Å². The molecule has 2 aliphatic heterocycles. The molecule has 0 aromatic carbocycles. The van der Waals surface area contributed by atoms with E-state index in [-0.39, 0.29) is 23.2 Å². The minimum Gasteiger partial charge on any atom is -0.462 e. The number of aromatic nitrogens is 1. The van der Waals surface area contributed by atoms with E-state index in [1.54, 1.807) is 33.8 Å². The van der Waals surface area contributed by atoms with Crippen LogP contribution in [0.2, 0.25) is 0 Å². The zero-order chi connectivity index (χ0) is 18.8. The summed E-state index contributed by atoms with van der Waals surface area (Å²) in [7, 11) is 0. The van der Waals surface area contributed by atoms with Crippen molar-refractivity contribution in [1.82, 2.24) is 4.98 Å². The molecule has 1 fully saturated rings. The first-order valence-electron chi connectivity index (χ1n) is 7.75. The van der Waals surface area contributed by atoms with E-state index in [9.17, 15) is 23.1 Å². The topological polar surface area (TPSA) is 68.7 Å². The van der Waals surface area contributed by atoms with Crippen LogP contribution in [0.5, 0.6) is 5.88 Å². The molecule has 3 unspecified atom stereocenters. The Balaban J connectivity index is 2.19. The fourth-order valence-electron chi connectivity index (χ4n) is 3.38. The molecule has 9 heteroatoms. The molecule has 0 amide bonds. The van der Waals surface area contributed by atoms with Crippen molar-refractivity contribution in [3.05, 3.63) is 22.9 Å². The van der Waals surface area contributed by atoms with E-state index in [0.717, 1.165) is 0 Å². The van der Waals surface area contributed by atoms with Crippen LogP contribution in [0.25, 0.3) is 0 Å². The molecule has 2 aliphatic rings. The second kappa shape index (κ2) is 5.51. The molecule has 25 heavy (non-hydrogen) atoms. The number of aryl methyl sites for hydroxylation is 2. The number of hydrogen-bond donors (Lipinski definition) is 1. The zero-order valence-electron chi connectivity index (χ0n) is 14.1. The Morgan fingerprint density at radius 2 is 2.12 bits per heavy atom. The summed E-state index contributed by atoms with van der Waals surface area (Å²) >= 11 is 0.244. The number of esters is 1. The van der Waals surface area contributed by atoms with Crippen molar-refractivity contribution in [3.63, 3.8) is 0 Å². The molecule has 1 aromatic heterocycles. The number of carbonyl (C=O) groups is 1. The van der Waals surface area contributed by atoms with Crippen LogP contribution < -0.4 is 4.74 Å². The molecular formula is C16H18F3NO4S. The smallest absolute Gasteiger partial charge is 0.438 e. The largest absolute Gasteiger partial charge is 0.462 e. The Kier molecular flexibility index (Phi) is 4.03. The maximum Gasteiger partial charge on any atom is 0.438 e. The van der Waals surface area contributed by atoms with Crippen molar-refractivity contribution in [2.24, 2.45) is 0 Å². The number of pyridine rings is 1. The summed E-state index contributed by atoms with van der Waals surface area (Å²) in [5.41, 5.74) is -0.964. The van der Waals surface area contributed by atoms with Gasteiger partial charge in [-0.05, 0) is 39.3 Å². The van der Waals surface area contributed by atoms with Gasteiger partial charge in [0.1, 0.15) is 10.9 Å². The molecule has 1 N–H and O–H groups in total. The van der Waals surface area contributed by atoms with Crippen molar-refractivity contribution in [3.8, 4) is 5.88 Å². The average Bonchev–Trinajstić information content (AvgIpc) is 2.65. The number of halogens is 3. The van der Waals surface area contributed by atoms with Gasteiger partial charge in [-0.3, -0.25) is 4.79 Å². The average molecular weight is 377 g/mol. The van der Waals surface area contributed by atoms with E-state index >= 15 is 0 Å². The van der Waals surface area contributed by atoms with Gasteiger partial charge in [-0.15, -0.1) is 0 Å². The molecule has 138 valence electrons.